The fraction of sp³-hybridized carbons (Fsp3) is 0.118. The monoisotopic (exact) mass is 311 g/mol. The van der Waals surface area contributed by atoms with E-state index in [0.717, 1.165) is 0 Å². The molecule has 0 spiro atoms. The molecule has 0 saturated heterocycles. The van der Waals surface area contributed by atoms with Gasteiger partial charge in [-0.2, -0.15) is 0 Å². The van der Waals surface area contributed by atoms with Crippen LogP contribution in [0.5, 0.6) is 0 Å². The number of nitrogens with zero attached hydrogens (tertiary/aromatic N) is 1. The molecule has 0 aliphatic rings. The maximum Gasteiger partial charge on any atom is 0.316 e. The Labute approximate surface area is 133 Å². The summed E-state index contributed by atoms with van der Waals surface area (Å²) in [4.78, 5) is 37.6. The number of nitrogens with one attached hydrogen (secondary N) is 1. The first-order chi connectivity index (χ1) is 11.0. The molecule has 0 unspecified atom stereocenters. The van der Waals surface area contributed by atoms with Crippen LogP contribution in [-0.4, -0.2) is 24.3 Å². The van der Waals surface area contributed by atoms with E-state index in [1.165, 1.54) is 11.0 Å². The number of carbonyl (C=O) groups excluding carboxylic acids is 3. The molecule has 0 atom stereocenters. The second-order valence-electron chi connectivity index (χ2n) is 4.76. The number of benzene rings is 2. The molecule has 2 rings (SSSR count). The smallest absolute Gasteiger partial charge is 0.316 e. The lowest BCUT2D eigenvalue weighted by molar-refractivity contribution is -0.137. The second-order valence-corrected chi connectivity index (χ2v) is 4.76. The van der Waals surface area contributed by atoms with E-state index in [-0.39, 0.29) is 11.3 Å². The van der Waals surface area contributed by atoms with E-state index < -0.39 is 17.7 Å². The van der Waals surface area contributed by atoms with Gasteiger partial charge in [0.1, 0.15) is 0 Å². The minimum Gasteiger partial charge on any atom is -0.398 e. The van der Waals surface area contributed by atoms with Gasteiger partial charge in [-0.1, -0.05) is 30.3 Å². The molecule has 0 aromatic heterocycles. The summed E-state index contributed by atoms with van der Waals surface area (Å²) in [6.07, 6.45) is 0. The Bertz CT molecular complexity index is 729. The first-order valence-electron chi connectivity index (χ1n) is 7.11. The summed E-state index contributed by atoms with van der Waals surface area (Å²) in [6, 6.07) is 15.1. The molecule has 0 radical (unpaired) electrons. The van der Waals surface area contributed by atoms with Crippen LogP contribution in [0.1, 0.15) is 17.3 Å². The van der Waals surface area contributed by atoms with Gasteiger partial charge in [0.2, 0.25) is 0 Å². The van der Waals surface area contributed by atoms with Crippen molar-refractivity contribution in [2.75, 3.05) is 17.2 Å². The summed E-state index contributed by atoms with van der Waals surface area (Å²) in [5.74, 6) is -2.50. The average molecular weight is 311 g/mol. The van der Waals surface area contributed by atoms with E-state index in [1.807, 2.05) is 6.07 Å². The van der Waals surface area contributed by atoms with Crippen LogP contribution in [-0.2, 0) is 9.59 Å². The summed E-state index contributed by atoms with van der Waals surface area (Å²) in [7, 11) is 0. The third kappa shape index (κ3) is 3.74. The van der Waals surface area contributed by atoms with Gasteiger partial charge >= 0.3 is 11.8 Å². The van der Waals surface area contributed by atoms with Crippen LogP contribution in [0, 0.1) is 0 Å². The van der Waals surface area contributed by atoms with Crippen LogP contribution in [0.15, 0.2) is 54.6 Å². The van der Waals surface area contributed by atoms with Crippen molar-refractivity contribution < 1.29 is 14.4 Å². The van der Waals surface area contributed by atoms with Crippen molar-refractivity contribution in [2.24, 2.45) is 0 Å². The zero-order valence-electron chi connectivity index (χ0n) is 12.7. The highest BCUT2D eigenvalue weighted by atomic mass is 16.2. The van der Waals surface area contributed by atoms with Gasteiger partial charge in [0.15, 0.2) is 0 Å². The Balaban J connectivity index is 2.12. The molecule has 3 N–H and O–H groups in total. The second kappa shape index (κ2) is 7.22. The molecule has 2 aromatic carbocycles. The molecule has 0 aliphatic carbocycles. The zero-order valence-corrected chi connectivity index (χ0v) is 12.7. The van der Waals surface area contributed by atoms with Crippen LogP contribution in [0.3, 0.4) is 0 Å². The van der Waals surface area contributed by atoms with Crippen molar-refractivity contribution in [3.8, 4) is 0 Å². The minimum atomic E-state index is -0.996. The van der Waals surface area contributed by atoms with E-state index >= 15 is 0 Å². The third-order valence-electron chi connectivity index (χ3n) is 3.26. The molecule has 0 heterocycles. The van der Waals surface area contributed by atoms with Crippen molar-refractivity contribution in [3.63, 3.8) is 0 Å². The van der Waals surface area contributed by atoms with Crippen molar-refractivity contribution >= 4 is 29.1 Å². The highest BCUT2D eigenvalue weighted by molar-refractivity contribution is 6.43. The lowest BCUT2D eigenvalue weighted by Crippen LogP contribution is -2.45. The number of anilines is 2. The molecule has 0 saturated carbocycles. The van der Waals surface area contributed by atoms with Crippen molar-refractivity contribution in [1.29, 1.82) is 0 Å². The molecule has 0 aliphatic heterocycles. The molecule has 3 amide bonds. The van der Waals surface area contributed by atoms with E-state index in [0.29, 0.717) is 12.2 Å². The van der Waals surface area contributed by atoms with Gasteiger partial charge in [-0.05, 0) is 31.2 Å². The van der Waals surface area contributed by atoms with Gasteiger partial charge in [0.25, 0.3) is 5.91 Å². The normalized spacial score (nSPS) is 9.96. The van der Waals surface area contributed by atoms with Crippen LogP contribution < -0.4 is 16.0 Å². The zero-order chi connectivity index (χ0) is 16.8. The van der Waals surface area contributed by atoms with Crippen molar-refractivity contribution in [3.05, 3.63) is 60.2 Å². The fourth-order valence-corrected chi connectivity index (χ4v) is 2.10. The lowest BCUT2D eigenvalue weighted by Gasteiger charge is -2.20. The lowest BCUT2D eigenvalue weighted by atomic mass is 10.1. The number of hydrogen-bond acceptors (Lipinski definition) is 4. The van der Waals surface area contributed by atoms with Gasteiger partial charge in [0.05, 0.1) is 5.56 Å². The quantitative estimate of drug-likeness (QED) is 0.665. The molecule has 6 heteroatoms. The summed E-state index contributed by atoms with van der Waals surface area (Å²) in [6.45, 7) is 2.05. The number of likely N-dealkylation sites (N-methyl/N-ethyl adjacent to an activating group) is 1. The Hall–Kier alpha value is -3.15. The topological polar surface area (TPSA) is 92.5 Å². The van der Waals surface area contributed by atoms with Gasteiger partial charge in [-0.3, -0.25) is 19.7 Å². The van der Waals surface area contributed by atoms with E-state index in [2.05, 4.69) is 5.32 Å². The maximum atomic E-state index is 12.3. The van der Waals surface area contributed by atoms with Gasteiger partial charge in [-0.25, -0.2) is 0 Å². The Kier molecular flexibility index (Phi) is 5.09. The van der Waals surface area contributed by atoms with Crippen molar-refractivity contribution in [2.45, 2.75) is 6.92 Å². The van der Waals surface area contributed by atoms with Gasteiger partial charge in [-0.15, -0.1) is 0 Å². The predicted molar refractivity (Wildman–Crippen MR) is 87.8 cm³/mol. The van der Waals surface area contributed by atoms with Gasteiger partial charge < -0.3 is 10.6 Å². The number of imide groups is 1. The average Bonchev–Trinajstić information content (AvgIpc) is 2.56. The number of amides is 3. The first-order valence-corrected chi connectivity index (χ1v) is 7.11. The standard InChI is InChI=1S/C17H17N3O3/c1-2-20(12-8-4-3-5-9-12)17(23)16(22)19-15(21)13-10-6-7-11-14(13)18/h3-11H,2,18H2,1H3,(H,19,21,22). The highest BCUT2D eigenvalue weighted by Crippen LogP contribution is 2.13. The SMILES string of the molecule is CCN(C(=O)C(=O)NC(=O)c1ccccc1N)c1ccccc1. The minimum absolute atomic E-state index is 0.149. The Morgan fingerprint density at radius 3 is 2.22 bits per heavy atom. The summed E-state index contributed by atoms with van der Waals surface area (Å²) < 4.78 is 0. The van der Waals surface area contributed by atoms with Crippen molar-refractivity contribution in [1.82, 2.24) is 5.32 Å². The fourth-order valence-electron chi connectivity index (χ4n) is 2.10. The molecule has 0 fully saturated rings. The number of hydrogen-bond donors (Lipinski definition) is 2. The van der Waals surface area contributed by atoms with Crippen LogP contribution in [0.25, 0.3) is 0 Å². The number of carbonyl (C=O) groups is 3. The Morgan fingerprint density at radius 2 is 1.61 bits per heavy atom. The molecule has 23 heavy (non-hydrogen) atoms. The predicted octanol–water partition coefficient (Wildman–Crippen LogP) is 1.58. The largest absolute Gasteiger partial charge is 0.398 e. The summed E-state index contributed by atoms with van der Waals surface area (Å²) in [5, 5.41) is 2.07. The number of para-hydroxylation sites is 2. The molecular formula is C17H17N3O3. The van der Waals surface area contributed by atoms with Crippen LogP contribution >= 0.6 is 0 Å². The molecule has 6 nitrogen and oxygen atoms in total. The summed E-state index contributed by atoms with van der Waals surface area (Å²) >= 11 is 0. The number of nitrogen functional groups attached to an aromatic ring is 1. The van der Waals surface area contributed by atoms with E-state index in [1.54, 1.807) is 49.4 Å². The summed E-state index contributed by atoms with van der Waals surface area (Å²) in [5.41, 5.74) is 6.65. The number of rotatable bonds is 3. The molecule has 0 bridgehead atoms. The maximum absolute atomic E-state index is 12.3. The van der Waals surface area contributed by atoms with Crippen LogP contribution in [0.2, 0.25) is 0 Å². The Morgan fingerprint density at radius 1 is 1.00 bits per heavy atom. The van der Waals surface area contributed by atoms with Gasteiger partial charge in [0, 0.05) is 17.9 Å². The molecule has 2 aromatic rings. The molecular weight excluding hydrogens is 294 g/mol. The highest BCUT2D eigenvalue weighted by Gasteiger charge is 2.24. The van der Waals surface area contributed by atoms with E-state index in [4.69, 9.17) is 5.73 Å². The first kappa shape index (κ1) is 16.2. The van der Waals surface area contributed by atoms with Crippen LogP contribution in [0.4, 0.5) is 11.4 Å². The number of nitrogens with two attached hydrogens (primary N) is 1. The molecule has 118 valence electrons. The van der Waals surface area contributed by atoms with E-state index in [9.17, 15) is 14.4 Å². The third-order valence-corrected chi connectivity index (χ3v) is 3.26.